The Hall–Kier alpha value is -1.56. The van der Waals surface area contributed by atoms with Crippen molar-refractivity contribution < 1.29 is 9.21 Å². The van der Waals surface area contributed by atoms with Crippen molar-refractivity contribution in [1.82, 2.24) is 0 Å². The molecule has 0 spiro atoms. The number of rotatable bonds is 1. The standard InChI is InChI=1S/C10H9NO2/c1-7-2-3-13-9(7)10(6-11)4-8(12)5-10/h2-3H,4-5H2,1H3. The van der Waals surface area contributed by atoms with E-state index >= 15 is 0 Å². The highest BCUT2D eigenvalue weighted by Gasteiger charge is 2.48. The molecule has 1 heterocycles. The van der Waals surface area contributed by atoms with Crippen LogP contribution in [0.1, 0.15) is 24.2 Å². The predicted molar refractivity (Wildman–Crippen MR) is 45.0 cm³/mol. The largest absolute Gasteiger partial charge is 0.467 e. The summed E-state index contributed by atoms with van der Waals surface area (Å²) in [5.74, 6) is 0.798. The van der Waals surface area contributed by atoms with Crippen molar-refractivity contribution in [2.24, 2.45) is 0 Å². The van der Waals surface area contributed by atoms with Gasteiger partial charge in [0.1, 0.15) is 17.0 Å². The van der Waals surface area contributed by atoms with Crippen molar-refractivity contribution in [2.75, 3.05) is 0 Å². The van der Waals surface area contributed by atoms with Crippen LogP contribution < -0.4 is 0 Å². The van der Waals surface area contributed by atoms with Crippen LogP contribution in [0.25, 0.3) is 0 Å². The van der Waals surface area contributed by atoms with Gasteiger partial charge in [-0.15, -0.1) is 0 Å². The Balaban J connectivity index is 2.41. The fourth-order valence-electron chi connectivity index (χ4n) is 1.77. The van der Waals surface area contributed by atoms with Crippen LogP contribution in [0.4, 0.5) is 0 Å². The number of Topliss-reactive ketones (excluding diaryl/α,β-unsaturated/α-hetero) is 1. The van der Waals surface area contributed by atoms with Gasteiger partial charge in [0, 0.05) is 12.8 Å². The van der Waals surface area contributed by atoms with E-state index in [4.69, 9.17) is 9.68 Å². The van der Waals surface area contributed by atoms with Crippen LogP contribution in [0.3, 0.4) is 0 Å². The second-order valence-corrected chi connectivity index (χ2v) is 3.52. The average molecular weight is 175 g/mol. The number of nitrogens with zero attached hydrogens (tertiary/aromatic N) is 1. The normalized spacial score (nSPS) is 19.2. The topological polar surface area (TPSA) is 54.0 Å². The van der Waals surface area contributed by atoms with Crippen molar-refractivity contribution in [2.45, 2.75) is 25.2 Å². The van der Waals surface area contributed by atoms with Gasteiger partial charge in [0.25, 0.3) is 0 Å². The highest BCUT2D eigenvalue weighted by Crippen LogP contribution is 2.42. The maximum atomic E-state index is 10.9. The molecule has 2 rings (SSSR count). The van der Waals surface area contributed by atoms with Gasteiger partial charge in [-0.25, -0.2) is 0 Å². The third kappa shape index (κ3) is 0.988. The van der Waals surface area contributed by atoms with E-state index in [9.17, 15) is 4.79 Å². The zero-order valence-corrected chi connectivity index (χ0v) is 7.33. The Kier molecular flexibility index (Phi) is 1.53. The number of carbonyl (C=O) groups excluding carboxylic acids is 1. The maximum absolute atomic E-state index is 10.9. The summed E-state index contributed by atoms with van der Waals surface area (Å²) in [6.45, 7) is 1.89. The number of furan rings is 1. The van der Waals surface area contributed by atoms with E-state index in [1.165, 1.54) is 0 Å². The summed E-state index contributed by atoms with van der Waals surface area (Å²) in [5, 5.41) is 8.99. The van der Waals surface area contributed by atoms with Gasteiger partial charge in [-0.2, -0.15) is 5.26 Å². The lowest BCUT2D eigenvalue weighted by atomic mass is 9.66. The fraction of sp³-hybridized carbons (Fsp3) is 0.400. The molecule has 0 unspecified atom stereocenters. The Labute approximate surface area is 76.0 Å². The molecule has 1 aromatic rings. The highest BCUT2D eigenvalue weighted by atomic mass is 16.3. The Morgan fingerprint density at radius 1 is 1.62 bits per heavy atom. The van der Waals surface area contributed by atoms with E-state index in [1.54, 1.807) is 6.26 Å². The van der Waals surface area contributed by atoms with Gasteiger partial charge in [-0.1, -0.05) is 0 Å². The minimum absolute atomic E-state index is 0.136. The van der Waals surface area contributed by atoms with Crippen molar-refractivity contribution >= 4 is 5.78 Å². The molecular weight excluding hydrogens is 166 g/mol. The molecule has 66 valence electrons. The average Bonchev–Trinajstić information content (AvgIpc) is 2.46. The smallest absolute Gasteiger partial charge is 0.137 e. The third-order valence-corrected chi connectivity index (χ3v) is 2.51. The Morgan fingerprint density at radius 3 is 2.69 bits per heavy atom. The number of hydrogen-bond acceptors (Lipinski definition) is 3. The molecule has 1 saturated carbocycles. The molecule has 0 atom stereocenters. The molecule has 0 aliphatic heterocycles. The first kappa shape index (κ1) is 8.06. The Morgan fingerprint density at radius 2 is 2.31 bits per heavy atom. The van der Waals surface area contributed by atoms with Gasteiger partial charge in [-0.3, -0.25) is 4.79 Å². The number of hydrogen-bond donors (Lipinski definition) is 0. The zero-order chi connectivity index (χ0) is 9.47. The lowest BCUT2D eigenvalue weighted by Gasteiger charge is -2.31. The molecule has 0 aromatic carbocycles. The summed E-state index contributed by atoms with van der Waals surface area (Å²) < 4.78 is 5.24. The molecule has 3 nitrogen and oxygen atoms in total. The molecular formula is C10H9NO2. The number of aryl methyl sites for hydroxylation is 1. The van der Waals surface area contributed by atoms with E-state index in [1.807, 2.05) is 13.0 Å². The van der Waals surface area contributed by atoms with Gasteiger partial charge in [0.15, 0.2) is 0 Å². The summed E-state index contributed by atoms with van der Waals surface area (Å²) in [6, 6.07) is 3.99. The molecule has 0 amide bonds. The van der Waals surface area contributed by atoms with E-state index in [2.05, 4.69) is 6.07 Å². The predicted octanol–water partition coefficient (Wildman–Crippen LogP) is 1.71. The van der Waals surface area contributed by atoms with Crippen LogP contribution in [0, 0.1) is 18.3 Å². The monoisotopic (exact) mass is 175 g/mol. The van der Waals surface area contributed by atoms with Crippen molar-refractivity contribution in [3.8, 4) is 6.07 Å². The lowest BCUT2D eigenvalue weighted by molar-refractivity contribution is -0.127. The molecule has 13 heavy (non-hydrogen) atoms. The fourth-order valence-corrected chi connectivity index (χ4v) is 1.77. The van der Waals surface area contributed by atoms with Crippen LogP contribution in [-0.4, -0.2) is 5.78 Å². The molecule has 1 aliphatic carbocycles. The summed E-state index contributed by atoms with van der Waals surface area (Å²) in [4.78, 5) is 10.9. The second-order valence-electron chi connectivity index (χ2n) is 3.52. The van der Waals surface area contributed by atoms with Crippen LogP contribution in [0.2, 0.25) is 0 Å². The molecule has 0 radical (unpaired) electrons. The summed E-state index contributed by atoms with van der Waals surface area (Å²) >= 11 is 0. The third-order valence-electron chi connectivity index (χ3n) is 2.51. The molecule has 0 saturated heterocycles. The minimum atomic E-state index is -0.662. The van der Waals surface area contributed by atoms with Crippen LogP contribution >= 0.6 is 0 Å². The van der Waals surface area contributed by atoms with Gasteiger partial charge in [0.05, 0.1) is 12.3 Å². The van der Waals surface area contributed by atoms with Gasteiger partial charge >= 0.3 is 0 Å². The molecule has 1 aromatic heterocycles. The van der Waals surface area contributed by atoms with Crippen molar-refractivity contribution in [3.05, 3.63) is 23.7 Å². The van der Waals surface area contributed by atoms with Crippen molar-refractivity contribution in [3.63, 3.8) is 0 Å². The maximum Gasteiger partial charge on any atom is 0.137 e. The molecule has 3 heteroatoms. The van der Waals surface area contributed by atoms with Gasteiger partial charge in [-0.05, 0) is 18.6 Å². The van der Waals surface area contributed by atoms with E-state index in [0.29, 0.717) is 18.6 Å². The van der Waals surface area contributed by atoms with Crippen molar-refractivity contribution in [1.29, 1.82) is 5.26 Å². The first-order valence-corrected chi connectivity index (χ1v) is 4.15. The molecule has 1 aliphatic rings. The number of nitriles is 1. The molecule has 1 fully saturated rings. The quantitative estimate of drug-likeness (QED) is 0.652. The van der Waals surface area contributed by atoms with Gasteiger partial charge < -0.3 is 4.42 Å². The number of carbonyl (C=O) groups is 1. The first-order valence-electron chi connectivity index (χ1n) is 4.15. The SMILES string of the molecule is Cc1ccoc1C1(C#N)CC(=O)C1. The molecule has 0 bridgehead atoms. The number of ketones is 1. The van der Waals surface area contributed by atoms with E-state index in [0.717, 1.165) is 5.56 Å². The van der Waals surface area contributed by atoms with Crippen LogP contribution in [-0.2, 0) is 10.2 Å². The zero-order valence-electron chi connectivity index (χ0n) is 7.33. The van der Waals surface area contributed by atoms with E-state index < -0.39 is 5.41 Å². The first-order chi connectivity index (χ1) is 6.18. The minimum Gasteiger partial charge on any atom is -0.467 e. The van der Waals surface area contributed by atoms with E-state index in [-0.39, 0.29) is 5.78 Å². The summed E-state index contributed by atoms with van der Waals surface area (Å²) in [6.07, 6.45) is 2.17. The summed E-state index contributed by atoms with van der Waals surface area (Å²) in [5.41, 5.74) is 0.291. The van der Waals surface area contributed by atoms with Crippen LogP contribution in [0.15, 0.2) is 16.7 Å². The lowest BCUT2D eigenvalue weighted by Crippen LogP contribution is -2.40. The van der Waals surface area contributed by atoms with Crippen LogP contribution in [0.5, 0.6) is 0 Å². The van der Waals surface area contributed by atoms with Gasteiger partial charge in [0.2, 0.25) is 0 Å². The molecule has 0 N–H and O–H groups in total. The second kappa shape index (κ2) is 2.46. The summed E-state index contributed by atoms with van der Waals surface area (Å²) in [7, 11) is 0. The Bertz CT molecular complexity index is 389. The highest BCUT2D eigenvalue weighted by molar-refractivity contribution is 5.89.